The molecule has 2 aromatic rings. The first-order valence-corrected chi connectivity index (χ1v) is 13.2. The molecule has 0 aliphatic rings. The van der Waals surface area contributed by atoms with E-state index < -0.39 is 32.0 Å². The van der Waals surface area contributed by atoms with E-state index in [9.17, 15) is 21.6 Å². The lowest BCUT2D eigenvalue weighted by Crippen LogP contribution is -2.45. The fourth-order valence-electron chi connectivity index (χ4n) is 3.17. The highest BCUT2D eigenvalue weighted by Gasteiger charge is 2.29. The van der Waals surface area contributed by atoms with E-state index in [1.165, 1.54) is 35.5 Å². The van der Waals surface area contributed by atoms with Crippen LogP contribution in [0.15, 0.2) is 53.4 Å². The second kappa shape index (κ2) is 9.80. The zero-order chi connectivity index (χ0) is 23.4. The normalized spacial score (nSPS) is 13.1. The Hall–Kier alpha value is -2.43. The van der Waals surface area contributed by atoms with Gasteiger partial charge in [0.2, 0.25) is 26.0 Å². The van der Waals surface area contributed by atoms with Crippen LogP contribution in [0.1, 0.15) is 26.3 Å². The minimum atomic E-state index is -3.72. The first kappa shape index (κ1) is 24.8. The Bertz CT molecular complexity index is 1110. The van der Waals surface area contributed by atoms with Gasteiger partial charge in [-0.25, -0.2) is 16.8 Å². The first-order valence-electron chi connectivity index (χ1n) is 9.89. The number of sulfonamides is 2. The van der Waals surface area contributed by atoms with E-state index in [1.54, 1.807) is 38.1 Å². The van der Waals surface area contributed by atoms with E-state index in [1.807, 2.05) is 6.92 Å². The molecule has 2 aromatic carbocycles. The summed E-state index contributed by atoms with van der Waals surface area (Å²) in [5, 5.41) is 2.66. The van der Waals surface area contributed by atoms with Crippen LogP contribution in [0, 0.1) is 6.92 Å². The number of nitrogens with zero attached hydrogens (tertiary/aromatic N) is 2. The standard InChI is InChI=1S/C21H29N3O5S2/c1-6-23(7-2)31(28,29)20-14-10-18(11-15-20)22-21(25)17(4)24(30(5,26)27)19-12-8-16(3)9-13-19/h8-15,17H,6-7H2,1-5H3,(H,22,25). The van der Waals surface area contributed by atoms with Gasteiger partial charge in [0.25, 0.3) is 0 Å². The summed E-state index contributed by atoms with van der Waals surface area (Å²) < 4.78 is 52.3. The number of aryl methyl sites for hydroxylation is 1. The minimum absolute atomic E-state index is 0.125. The van der Waals surface area contributed by atoms with Crippen molar-refractivity contribution < 1.29 is 21.6 Å². The van der Waals surface area contributed by atoms with Crippen molar-refractivity contribution in [2.75, 3.05) is 29.0 Å². The van der Waals surface area contributed by atoms with Crippen molar-refractivity contribution in [1.82, 2.24) is 4.31 Å². The summed E-state index contributed by atoms with van der Waals surface area (Å²) in [4.78, 5) is 12.9. The molecule has 0 radical (unpaired) electrons. The number of nitrogens with one attached hydrogen (secondary N) is 1. The fourth-order valence-corrected chi connectivity index (χ4v) is 5.80. The Morgan fingerprint density at radius 3 is 1.90 bits per heavy atom. The molecule has 0 fully saturated rings. The molecule has 0 aromatic heterocycles. The average molecular weight is 468 g/mol. The molecule has 0 heterocycles. The molecule has 31 heavy (non-hydrogen) atoms. The smallest absolute Gasteiger partial charge is 0.247 e. The number of rotatable bonds is 9. The zero-order valence-electron chi connectivity index (χ0n) is 18.4. The lowest BCUT2D eigenvalue weighted by atomic mass is 10.2. The lowest BCUT2D eigenvalue weighted by Gasteiger charge is -2.28. The maximum absolute atomic E-state index is 12.8. The predicted octanol–water partition coefficient (Wildman–Crippen LogP) is 2.82. The molecular formula is C21H29N3O5S2. The second-order valence-electron chi connectivity index (χ2n) is 7.17. The van der Waals surface area contributed by atoms with Crippen molar-refractivity contribution in [2.45, 2.75) is 38.6 Å². The number of carbonyl (C=O) groups is 1. The van der Waals surface area contributed by atoms with Crippen molar-refractivity contribution in [1.29, 1.82) is 0 Å². The summed E-state index contributed by atoms with van der Waals surface area (Å²) in [6, 6.07) is 11.6. The van der Waals surface area contributed by atoms with E-state index in [-0.39, 0.29) is 4.90 Å². The molecule has 1 unspecified atom stereocenters. The maximum Gasteiger partial charge on any atom is 0.247 e. The average Bonchev–Trinajstić information content (AvgIpc) is 2.69. The summed E-state index contributed by atoms with van der Waals surface area (Å²) in [5.74, 6) is -0.537. The van der Waals surface area contributed by atoms with Crippen molar-refractivity contribution in [2.24, 2.45) is 0 Å². The van der Waals surface area contributed by atoms with E-state index >= 15 is 0 Å². The molecule has 1 amide bonds. The highest BCUT2D eigenvalue weighted by Crippen LogP contribution is 2.23. The summed E-state index contributed by atoms with van der Waals surface area (Å²) in [7, 11) is -7.32. The fraction of sp³-hybridized carbons (Fsp3) is 0.381. The number of anilines is 2. The molecule has 0 aliphatic carbocycles. The molecule has 1 N–H and O–H groups in total. The van der Waals surface area contributed by atoms with Crippen molar-refractivity contribution in [3.63, 3.8) is 0 Å². The molecule has 0 saturated heterocycles. The van der Waals surface area contributed by atoms with Gasteiger partial charge in [-0.15, -0.1) is 0 Å². The van der Waals surface area contributed by atoms with Gasteiger partial charge in [-0.05, 0) is 50.2 Å². The van der Waals surface area contributed by atoms with Crippen LogP contribution in [-0.2, 0) is 24.8 Å². The predicted molar refractivity (Wildman–Crippen MR) is 123 cm³/mol. The molecule has 0 aliphatic heterocycles. The number of hydrogen-bond acceptors (Lipinski definition) is 5. The van der Waals surface area contributed by atoms with Crippen LogP contribution in [0.4, 0.5) is 11.4 Å². The zero-order valence-corrected chi connectivity index (χ0v) is 20.0. The van der Waals surface area contributed by atoms with Crippen LogP contribution >= 0.6 is 0 Å². The first-order chi connectivity index (χ1) is 14.4. The van der Waals surface area contributed by atoms with Crippen LogP contribution in [0.2, 0.25) is 0 Å². The monoisotopic (exact) mass is 467 g/mol. The Kier molecular flexibility index (Phi) is 7.85. The van der Waals surface area contributed by atoms with E-state index in [4.69, 9.17) is 0 Å². The molecule has 0 saturated carbocycles. The van der Waals surface area contributed by atoms with Crippen molar-refractivity contribution in [3.05, 3.63) is 54.1 Å². The Labute approximate surface area is 185 Å². The molecule has 8 nitrogen and oxygen atoms in total. The highest BCUT2D eigenvalue weighted by molar-refractivity contribution is 7.92. The van der Waals surface area contributed by atoms with Crippen LogP contribution in [0.5, 0.6) is 0 Å². The highest BCUT2D eigenvalue weighted by atomic mass is 32.2. The topological polar surface area (TPSA) is 104 Å². The lowest BCUT2D eigenvalue weighted by molar-refractivity contribution is -0.116. The third-order valence-electron chi connectivity index (χ3n) is 4.84. The van der Waals surface area contributed by atoms with Crippen molar-refractivity contribution >= 4 is 37.3 Å². The van der Waals surface area contributed by atoms with Crippen molar-refractivity contribution in [3.8, 4) is 0 Å². The number of hydrogen-bond donors (Lipinski definition) is 1. The van der Waals surface area contributed by atoms with Crippen LogP contribution in [-0.4, -0.2) is 52.4 Å². The van der Waals surface area contributed by atoms with Gasteiger partial charge >= 0.3 is 0 Å². The molecule has 0 spiro atoms. The van der Waals surface area contributed by atoms with Crippen LogP contribution in [0.3, 0.4) is 0 Å². The third kappa shape index (κ3) is 5.84. The van der Waals surface area contributed by atoms with E-state index in [0.717, 1.165) is 16.1 Å². The van der Waals surface area contributed by atoms with Gasteiger partial charge in [0.05, 0.1) is 16.8 Å². The third-order valence-corrected chi connectivity index (χ3v) is 8.15. The molecule has 170 valence electrons. The molecule has 2 rings (SSSR count). The minimum Gasteiger partial charge on any atom is -0.324 e. The Morgan fingerprint density at radius 2 is 1.45 bits per heavy atom. The molecular weight excluding hydrogens is 438 g/mol. The number of benzene rings is 2. The molecule has 0 bridgehead atoms. The maximum atomic E-state index is 12.8. The SMILES string of the molecule is CCN(CC)S(=O)(=O)c1ccc(NC(=O)C(C)N(c2ccc(C)cc2)S(C)(=O)=O)cc1. The van der Waals surface area contributed by atoms with Gasteiger partial charge in [0.15, 0.2) is 0 Å². The van der Waals surface area contributed by atoms with Crippen LogP contribution < -0.4 is 9.62 Å². The summed E-state index contributed by atoms with van der Waals surface area (Å²) in [5.41, 5.74) is 1.72. The van der Waals surface area contributed by atoms with Gasteiger partial charge in [0.1, 0.15) is 6.04 Å². The number of carbonyl (C=O) groups excluding carboxylic acids is 1. The Morgan fingerprint density at radius 1 is 0.935 bits per heavy atom. The van der Waals surface area contributed by atoms with Gasteiger partial charge in [-0.2, -0.15) is 4.31 Å². The van der Waals surface area contributed by atoms with Crippen LogP contribution in [0.25, 0.3) is 0 Å². The Balaban J connectivity index is 2.24. The molecule has 10 heteroatoms. The van der Waals surface area contributed by atoms with Gasteiger partial charge in [-0.1, -0.05) is 31.5 Å². The summed E-state index contributed by atoms with van der Waals surface area (Å²) in [6.45, 7) is 7.62. The van der Waals surface area contributed by atoms with E-state index in [2.05, 4.69) is 5.32 Å². The second-order valence-corrected chi connectivity index (χ2v) is 11.0. The quantitative estimate of drug-likeness (QED) is 0.611. The summed E-state index contributed by atoms with van der Waals surface area (Å²) in [6.07, 6.45) is 1.05. The number of amides is 1. The largest absolute Gasteiger partial charge is 0.324 e. The van der Waals surface area contributed by atoms with Gasteiger partial charge in [-0.3, -0.25) is 9.10 Å². The molecule has 1 atom stereocenters. The van der Waals surface area contributed by atoms with Gasteiger partial charge < -0.3 is 5.32 Å². The van der Waals surface area contributed by atoms with Gasteiger partial charge in [0, 0.05) is 18.8 Å². The van der Waals surface area contributed by atoms with E-state index in [0.29, 0.717) is 24.5 Å². The summed E-state index contributed by atoms with van der Waals surface area (Å²) >= 11 is 0.